The Morgan fingerprint density at radius 1 is 1.42 bits per heavy atom. The van der Waals surface area contributed by atoms with Gasteiger partial charge in [-0.15, -0.1) is 0 Å². The number of rotatable bonds is 7. The first-order chi connectivity index (χ1) is 8.66. The summed E-state index contributed by atoms with van der Waals surface area (Å²) in [5.74, 6) is -0.322. The fraction of sp³-hybridized carbons (Fsp3) is 0.917. The maximum atomic E-state index is 11.8. The van der Waals surface area contributed by atoms with Gasteiger partial charge < -0.3 is 16.0 Å². The lowest BCUT2D eigenvalue weighted by molar-refractivity contribution is -0.123. The fourth-order valence-corrected chi connectivity index (χ4v) is 2.90. The van der Waals surface area contributed by atoms with Crippen LogP contribution in [0.4, 0.5) is 0 Å². The molecule has 0 aromatic rings. The van der Waals surface area contributed by atoms with Gasteiger partial charge in [-0.3, -0.25) is 4.79 Å². The third-order valence-corrected chi connectivity index (χ3v) is 4.94. The third-order valence-electron chi connectivity index (χ3n) is 3.96. The molecule has 0 saturated heterocycles. The molecule has 1 saturated carbocycles. The molecule has 3 N–H and O–H groups in total. The Morgan fingerprint density at radius 2 is 2.00 bits per heavy atom. The molecule has 0 spiro atoms. The Hall–Kier alpha value is -0.660. The molecule has 1 fully saturated rings. The van der Waals surface area contributed by atoms with E-state index in [9.17, 15) is 13.2 Å². The van der Waals surface area contributed by atoms with Gasteiger partial charge >= 0.3 is 0 Å². The molecule has 1 amide bonds. The van der Waals surface area contributed by atoms with Gasteiger partial charge in [-0.25, -0.2) is 8.42 Å². The molecule has 0 aromatic carbocycles. The summed E-state index contributed by atoms with van der Waals surface area (Å²) >= 11 is 0. The van der Waals surface area contributed by atoms with Crippen molar-refractivity contribution in [3.8, 4) is 0 Å². The van der Waals surface area contributed by atoms with E-state index in [0.717, 1.165) is 19.1 Å². The SMILES string of the molecule is CN(C)C1(CNC(=O)C(N)CCS(C)(=O)=O)CCC1. The van der Waals surface area contributed by atoms with Crippen LogP contribution in [0.15, 0.2) is 0 Å². The molecule has 0 bridgehead atoms. The van der Waals surface area contributed by atoms with Gasteiger partial charge in [-0.2, -0.15) is 0 Å². The number of carbonyl (C=O) groups excluding carboxylic acids is 1. The molecule has 0 aromatic heterocycles. The normalized spacial score (nSPS) is 19.8. The topological polar surface area (TPSA) is 92.5 Å². The number of nitrogens with two attached hydrogens (primary N) is 1. The van der Waals surface area contributed by atoms with E-state index in [0.29, 0.717) is 6.54 Å². The number of carbonyl (C=O) groups is 1. The van der Waals surface area contributed by atoms with Crippen molar-refractivity contribution >= 4 is 15.7 Å². The summed E-state index contributed by atoms with van der Waals surface area (Å²) in [5, 5.41) is 2.84. The van der Waals surface area contributed by atoms with Crippen molar-refractivity contribution in [3.63, 3.8) is 0 Å². The number of sulfone groups is 1. The highest BCUT2D eigenvalue weighted by Gasteiger charge is 2.39. The maximum absolute atomic E-state index is 11.8. The van der Waals surface area contributed by atoms with Crippen molar-refractivity contribution in [2.75, 3.05) is 32.6 Å². The zero-order valence-corrected chi connectivity index (χ0v) is 12.8. The quantitative estimate of drug-likeness (QED) is 0.650. The molecule has 112 valence electrons. The largest absolute Gasteiger partial charge is 0.353 e. The van der Waals surface area contributed by atoms with E-state index in [-0.39, 0.29) is 23.6 Å². The standard InChI is InChI=1S/C12H25N3O3S/c1-15(2)12(6-4-7-12)9-14-11(16)10(13)5-8-19(3,17)18/h10H,4-9,13H2,1-3H3,(H,14,16). The maximum Gasteiger partial charge on any atom is 0.237 e. The molecule has 1 atom stereocenters. The van der Waals surface area contributed by atoms with Crippen molar-refractivity contribution < 1.29 is 13.2 Å². The minimum Gasteiger partial charge on any atom is -0.353 e. The highest BCUT2D eigenvalue weighted by molar-refractivity contribution is 7.90. The summed E-state index contributed by atoms with van der Waals surface area (Å²) in [7, 11) is 0.946. The van der Waals surface area contributed by atoms with Gasteiger partial charge in [0.15, 0.2) is 0 Å². The minimum atomic E-state index is -3.07. The van der Waals surface area contributed by atoms with Crippen molar-refractivity contribution in [1.29, 1.82) is 0 Å². The Kier molecular flexibility index (Phi) is 5.34. The first-order valence-electron chi connectivity index (χ1n) is 6.55. The number of nitrogens with zero attached hydrogens (tertiary/aromatic N) is 1. The van der Waals surface area contributed by atoms with Gasteiger partial charge in [0.1, 0.15) is 9.84 Å². The Bertz CT molecular complexity index is 416. The fourth-order valence-electron chi connectivity index (χ4n) is 2.22. The summed E-state index contributed by atoms with van der Waals surface area (Å²) in [5.41, 5.74) is 5.75. The van der Waals surface area contributed by atoms with E-state index in [4.69, 9.17) is 5.73 Å². The second-order valence-corrected chi connectivity index (χ2v) is 7.97. The van der Waals surface area contributed by atoms with Gasteiger partial charge in [-0.1, -0.05) is 0 Å². The van der Waals surface area contributed by atoms with Crippen LogP contribution in [0.25, 0.3) is 0 Å². The smallest absolute Gasteiger partial charge is 0.237 e. The molecular formula is C12H25N3O3S. The van der Waals surface area contributed by atoms with E-state index >= 15 is 0 Å². The Balaban J connectivity index is 2.38. The highest BCUT2D eigenvalue weighted by Crippen LogP contribution is 2.35. The lowest BCUT2D eigenvalue weighted by Crippen LogP contribution is -2.58. The summed E-state index contributed by atoms with van der Waals surface area (Å²) in [6, 6.07) is -0.756. The van der Waals surface area contributed by atoms with Crippen LogP contribution in [-0.4, -0.2) is 63.5 Å². The highest BCUT2D eigenvalue weighted by atomic mass is 32.2. The van der Waals surface area contributed by atoms with Crippen LogP contribution < -0.4 is 11.1 Å². The zero-order chi connectivity index (χ0) is 14.7. The molecule has 0 radical (unpaired) electrons. The monoisotopic (exact) mass is 291 g/mol. The van der Waals surface area contributed by atoms with Gasteiger partial charge in [-0.05, 0) is 39.8 Å². The van der Waals surface area contributed by atoms with E-state index in [1.165, 1.54) is 6.42 Å². The van der Waals surface area contributed by atoms with E-state index < -0.39 is 15.9 Å². The third kappa shape index (κ3) is 4.74. The molecule has 1 aliphatic rings. The molecule has 1 aliphatic carbocycles. The first kappa shape index (κ1) is 16.4. The lowest BCUT2D eigenvalue weighted by atomic mass is 9.75. The Morgan fingerprint density at radius 3 is 2.37 bits per heavy atom. The van der Waals surface area contributed by atoms with Crippen molar-refractivity contribution in [2.24, 2.45) is 5.73 Å². The van der Waals surface area contributed by atoms with Gasteiger partial charge in [0, 0.05) is 18.3 Å². The van der Waals surface area contributed by atoms with Crippen LogP contribution in [0.2, 0.25) is 0 Å². The minimum absolute atomic E-state index is 0.0478. The average molecular weight is 291 g/mol. The van der Waals surface area contributed by atoms with Crippen LogP contribution in [-0.2, 0) is 14.6 Å². The van der Waals surface area contributed by atoms with E-state index in [1.807, 2.05) is 14.1 Å². The van der Waals surface area contributed by atoms with Gasteiger partial charge in [0.2, 0.25) is 5.91 Å². The number of hydrogen-bond acceptors (Lipinski definition) is 5. The van der Waals surface area contributed by atoms with E-state index in [1.54, 1.807) is 0 Å². The first-order valence-corrected chi connectivity index (χ1v) is 8.61. The summed E-state index contributed by atoms with van der Waals surface area (Å²) in [6.45, 7) is 0.575. The summed E-state index contributed by atoms with van der Waals surface area (Å²) < 4.78 is 22.1. The average Bonchev–Trinajstić information content (AvgIpc) is 2.22. The molecule has 1 rings (SSSR count). The van der Waals surface area contributed by atoms with Crippen molar-refractivity contribution in [1.82, 2.24) is 10.2 Å². The predicted octanol–water partition coefficient (Wildman–Crippen LogP) is -0.651. The Labute approximate surface area is 115 Å². The van der Waals surface area contributed by atoms with Crippen LogP contribution in [0.5, 0.6) is 0 Å². The van der Waals surface area contributed by atoms with Crippen LogP contribution in [0, 0.1) is 0 Å². The molecule has 0 aliphatic heterocycles. The summed E-state index contributed by atoms with van der Waals surface area (Å²) in [4.78, 5) is 14.0. The number of amides is 1. The van der Waals surface area contributed by atoms with Crippen LogP contribution >= 0.6 is 0 Å². The van der Waals surface area contributed by atoms with Gasteiger partial charge in [0.25, 0.3) is 0 Å². The molecule has 6 nitrogen and oxygen atoms in total. The van der Waals surface area contributed by atoms with Crippen LogP contribution in [0.3, 0.4) is 0 Å². The summed E-state index contributed by atoms with van der Waals surface area (Å²) in [6.07, 6.45) is 4.62. The number of nitrogens with one attached hydrogen (secondary N) is 1. The molecule has 19 heavy (non-hydrogen) atoms. The zero-order valence-electron chi connectivity index (χ0n) is 12.0. The number of hydrogen-bond donors (Lipinski definition) is 2. The molecule has 7 heteroatoms. The molecule has 1 unspecified atom stereocenters. The van der Waals surface area contributed by atoms with Crippen LogP contribution in [0.1, 0.15) is 25.7 Å². The number of likely N-dealkylation sites (N-methyl/N-ethyl adjacent to an activating group) is 1. The second-order valence-electron chi connectivity index (χ2n) is 5.72. The van der Waals surface area contributed by atoms with Gasteiger partial charge in [0.05, 0.1) is 11.8 Å². The lowest BCUT2D eigenvalue weighted by Gasteiger charge is -2.47. The van der Waals surface area contributed by atoms with Crippen molar-refractivity contribution in [2.45, 2.75) is 37.3 Å². The van der Waals surface area contributed by atoms with E-state index in [2.05, 4.69) is 10.2 Å². The molecule has 0 heterocycles. The predicted molar refractivity (Wildman–Crippen MR) is 75.6 cm³/mol. The second kappa shape index (κ2) is 6.19. The molecular weight excluding hydrogens is 266 g/mol. The van der Waals surface area contributed by atoms with Crippen molar-refractivity contribution in [3.05, 3.63) is 0 Å².